The van der Waals surface area contributed by atoms with Crippen molar-refractivity contribution in [3.05, 3.63) is 58.9 Å². The fraction of sp³-hybridized carbons (Fsp3) is 0.238. The van der Waals surface area contributed by atoms with Crippen LogP contribution >= 0.6 is 0 Å². The Kier molecular flexibility index (Phi) is 3.28. The third kappa shape index (κ3) is 1.91. The molecule has 1 aliphatic carbocycles. The first kappa shape index (κ1) is 16.4. The maximum Gasteiger partial charge on any atom is 0.262 e. The summed E-state index contributed by atoms with van der Waals surface area (Å²) in [5, 5.41) is 9.72. The van der Waals surface area contributed by atoms with Crippen LogP contribution < -0.4 is 0 Å². The van der Waals surface area contributed by atoms with Crippen molar-refractivity contribution in [2.24, 2.45) is 5.92 Å². The van der Waals surface area contributed by atoms with E-state index < -0.39 is 0 Å². The van der Waals surface area contributed by atoms with Crippen LogP contribution in [0.5, 0.6) is 0 Å². The number of pyridine rings is 1. The minimum Gasteiger partial charge on any atom is -0.300 e. The summed E-state index contributed by atoms with van der Waals surface area (Å²) < 4.78 is 0. The van der Waals surface area contributed by atoms with Crippen LogP contribution in [0.4, 0.5) is 0 Å². The van der Waals surface area contributed by atoms with Gasteiger partial charge in [-0.3, -0.25) is 24.9 Å². The average Bonchev–Trinajstić information content (AvgIpc) is 2.59. The second-order valence-electron chi connectivity index (χ2n) is 7.33. The van der Waals surface area contributed by atoms with Gasteiger partial charge in [-0.1, -0.05) is 27.0 Å². The zero-order valence-electron chi connectivity index (χ0n) is 15.1. The third-order valence-corrected chi connectivity index (χ3v) is 5.05. The number of amides is 2. The molecule has 26 heavy (non-hydrogen) atoms. The molecule has 2 amide bonds. The highest BCUT2D eigenvalue weighted by molar-refractivity contribution is 6.35. The number of benzene rings is 1. The van der Waals surface area contributed by atoms with Crippen molar-refractivity contribution < 1.29 is 9.59 Å². The van der Waals surface area contributed by atoms with E-state index in [0.29, 0.717) is 50.8 Å². The zero-order chi connectivity index (χ0) is 18.9. The molecule has 2 aliphatic rings. The number of nitrogens with one attached hydrogen (secondary N) is 1. The van der Waals surface area contributed by atoms with Gasteiger partial charge in [0.1, 0.15) is 0 Å². The van der Waals surface area contributed by atoms with Gasteiger partial charge in [-0.05, 0) is 24.5 Å². The molecule has 0 unspecified atom stereocenters. The predicted molar refractivity (Wildman–Crippen MR) is 102 cm³/mol. The van der Waals surface area contributed by atoms with Crippen LogP contribution in [-0.2, 0) is 0 Å². The van der Waals surface area contributed by atoms with E-state index in [2.05, 4.69) is 18.1 Å². The van der Waals surface area contributed by atoms with Gasteiger partial charge in [-0.2, -0.15) is 0 Å². The number of carbonyl (C=O) groups is 2. The molecule has 0 atom stereocenters. The van der Waals surface area contributed by atoms with Crippen LogP contribution in [-0.4, -0.2) is 34.0 Å². The molecule has 5 heteroatoms. The SMILES string of the molecule is C=C1C(=C)c2ncc3c4c(cc(C)c(c24)C1=N)C(=O)N(CC(C)C)C3=O. The summed E-state index contributed by atoms with van der Waals surface area (Å²) in [4.78, 5) is 31.8. The smallest absolute Gasteiger partial charge is 0.262 e. The first-order valence-electron chi connectivity index (χ1n) is 8.54. The number of imide groups is 1. The van der Waals surface area contributed by atoms with E-state index in [4.69, 9.17) is 5.41 Å². The highest BCUT2D eigenvalue weighted by Crippen LogP contribution is 2.42. The van der Waals surface area contributed by atoms with Crippen LogP contribution in [0.3, 0.4) is 0 Å². The summed E-state index contributed by atoms with van der Waals surface area (Å²) in [6.45, 7) is 14.1. The standard InChI is InChI=1S/C21H19N3O2/c1-9(2)8-24-20(25)13-6-10(3)15-17-16(13)14(21(24)26)7-23-19(17)12(5)11(4)18(15)22/h6-7,9,22H,4-5,8H2,1-3H3. The fourth-order valence-corrected chi connectivity index (χ4v) is 3.83. The van der Waals surface area contributed by atoms with Crippen molar-refractivity contribution in [1.82, 2.24) is 9.88 Å². The number of nitrogens with zero attached hydrogens (tertiary/aromatic N) is 2. The lowest BCUT2D eigenvalue weighted by Gasteiger charge is -2.31. The zero-order valence-corrected chi connectivity index (χ0v) is 15.1. The Labute approximate surface area is 151 Å². The van der Waals surface area contributed by atoms with Gasteiger partial charge < -0.3 is 0 Å². The highest BCUT2D eigenvalue weighted by Gasteiger charge is 2.37. The highest BCUT2D eigenvalue weighted by atomic mass is 16.2. The van der Waals surface area contributed by atoms with Gasteiger partial charge in [-0.25, -0.2) is 0 Å². The van der Waals surface area contributed by atoms with E-state index in [-0.39, 0.29) is 23.4 Å². The molecule has 130 valence electrons. The number of hydrogen-bond acceptors (Lipinski definition) is 4. The quantitative estimate of drug-likeness (QED) is 0.843. The molecule has 0 bridgehead atoms. The van der Waals surface area contributed by atoms with Crippen molar-refractivity contribution in [1.29, 1.82) is 5.41 Å². The van der Waals surface area contributed by atoms with Crippen molar-refractivity contribution in [2.45, 2.75) is 20.8 Å². The Balaban J connectivity index is 2.13. The molecule has 0 saturated carbocycles. The third-order valence-electron chi connectivity index (χ3n) is 5.05. The molecule has 1 aromatic carbocycles. The van der Waals surface area contributed by atoms with Gasteiger partial charge in [-0.15, -0.1) is 0 Å². The Morgan fingerprint density at radius 1 is 1.12 bits per heavy atom. The molecule has 2 heterocycles. The van der Waals surface area contributed by atoms with Crippen LogP contribution in [0.25, 0.3) is 16.3 Å². The number of allylic oxidation sites excluding steroid dienone is 2. The molecule has 5 nitrogen and oxygen atoms in total. The second-order valence-corrected chi connectivity index (χ2v) is 7.33. The normalized spacial score (nSPS) is 16.3. The summed E-state index contributed by atoms with van der Waals surface area (Å²) in [7, 11) is 0. The van der Waals surface area contributed by atoms with Crippen LogP contribution in [0.1, 0.15) is 51.4 Å². The molecule has 0 radical (unpaired) electrons. The van der Waals surface area contributed by atoms with Crippen molar-refractivity contribution in [2.75, 3.05) is 6.54 Å². The molecule has 0 saturated heterocycles. The first-order chi connectivity index (χ1) is 12.2. The maximum absolute atomic E-state index is 13.0. The van der Waals surface area contributed by atoms with E-state index in [9.17, 15) is 9.59 Å². The molecule has 0 spiro atoms. The topological polar surface area (TPSA) is 74.1 Å². The molecular weight excluding hydrogens is 326 g/mol. The Morgan fingerprint density at radius 2 is 1.77 bits per heavy atom. The van der Waals surface area contributed by atoms with E-state index in [0.717, 1.165) is 5.56 Å². The van der Waals surface area contributed by atoms with Gasteiger partial charge in [0, 0.05) is 45.8 Å². The largest absolute Gasteiger partial charge is 0.300 e. The summed E-state index contributed by atoms with van der Waals surface area (Å²) >= 11 is 0. The van der Waals surface area contributed by atoms with Crippen molar-refractivity contribution in [3.8, 4) is 0 Å². The molecule has 0 fully saturated rings. The Bertz CT molecular complexity index is 1090. The lowest BCUT2D eigenvalue weighted by molar-refractivity contribution is 0.0592. The van der Waals surface area contributed by atoms with Gasteiger partial charge in [0.05, 0.1) is 17.0 Å². The summed E-state index contributed by atoms with van der Waals surface area (Å²) in [5.74, 6) is -0.446. The Morgan fingerprint density at radius 3 is 2.42 bits per heavy atom. The lowest BCUT2D eigenvalue weighted by Crippen LogP contribution is -2.42. The summed E-state index contributed by atoms with van der Waals surface area (Å²) in [5.41, 5.74) is 4.35. The fourth-order valence-electron chi connectivity index (χ4n) is 3.83. The van der Waals surface area contributed by atoms with Crippen LogP contribution in [0, 0.1) is 18.3 Å². The number of hydrogen-bond donors (Lipinski definition) is 1. The monoisotopic (exact) mass is 345 g/mol. The number of aryl methyl sites for hydroxylation is 1. The Hall–Kier alpha value is -3.08. The van der Waals surface area contributed by atoms with Crippen molar-refractivity contribution >= 4 is 33.9 Å². The molecule has 1 aliphatic heterocycles. The van der Waals surface area contributed by atoms with Gasteiger partial charge in [0.25, 0.3) is 11.8 Å². The number of aromatic nitrogens is 1. The number of rotatable bonds is 2. The minimum atomic E-state index is -0.327. The molecule has 1 N–H and O–H groups in total. The van der Waals surface area contributed by atoms with E-state index in [1.807, 2.05) is 20.8 Å². The molecule has 2 aromatic rings. The van der Waals surface area contributed by atoms with Crippen LogP contribution in [0.15, 0.2) is 31.0 Å². The minimum absolute atomic E-state index is 0.169. The predicted octanol–water partition coefficient (Wildman–Crippen LogP) is 3.75. The molecule has 4 rings (SSSR count). The van der Waals surface area contributed by atoms with Gasteiger partial charge in [0.2, 0.25) is 0 Å². The van der Waals surface area contributed by atoms with E-state index in [1.54, 1.807) is 6.07 Å². The second kappa shape index (κ2) is 5.21. The lowest BCUT2D eigenvalue weighted by atomic mass is 9.79. The van der Waals surface area contributed by atoms with E-state index >= 15 is 0 Å². The van der Waals surface area contributed by atoms with Gasteiger partial charge >= 0.3 is 0 Å². The summed E-state index contributed by atoms with van der Waals surface area (Å²) in [6.07, 6.45) is 1.52. The first-order valence-corrected chi connectivity index (χ1v) is 8.54. The maximum atomic E-state index is 13.0. The number of carbonyl (C=O) groups excluding carboxylic acids is 2. The average molecular weight is 345 g/mol. The molecular formula is C21H19N3O2. The van der Waals surface area contributed by atoms with Crippen LogP contribution in [0.2, 0.25) is 0 Å². The molecule has 1 aromatic heterocycles. The van der Waals surface area contributed by atoms with Crippen molar-refractivity contribution in [3.63, 3.8) is 0 Å². The van der Waals surface area contributed by atoms with E-state index in [1.165, 1.54) is 11.1 Å². The van der Waals surface area contributed by atoms with Gasteiger partial charge in [0.15, 0.2) is 0 Å². The summed E-state index contributed by atoms with van der Waals surface area (Å²) in [6, 6.07) is 1.78.